The molecule has 0 N–H and O–H groups in total. The molecule has 0 bridgehead atoms. The zero-order chi connectivity index (χ0) is 42.4. The van der Waals surface area contributed by atoms with Crippen LogP contribution in [-0.2, 0) is 0 Å². The summed E-state index contributed by atoms with van der Waals surface area (Å²) in [4.78, 5) is 2.37. The first kappa shape index (κ1) is 37.3. The Bertz CT molecular complexity index is 3630. The van der Waals surface area contributed by atoms with E-state index in [4.69, 9.17) is 0 Å². The molecular weight excluding hydrogens is 773 g/mol. The topological polar surface area (TPSA) is 8.17 Å². The van der Waals surface area contributed by atoms with Gasteiger partial charge in [0.1, 0.15) is 0 Å². The summed E-state index contributed by atoms with van der Waals surface area (Å²) in [5.74, 6) is 0. The number of fused-ring (bicyclic) bond motifs is 6. The number of anilines is 3. The van der Waals surface area contributed by atoms with E-state index in [2.05, 4.69) is 264 Å². The molecule has 300 valence electrons. The summed E-state index contributed by atoms with van der Waals surface area (Å²) in [6, 6.07) is 92.5. The van der Waals surface area contributed by atoms with Crippen LogP contribution >= 0.6 is 0 Å². The Kier molecular flexibility index (Phi) is 9.20. The van der Waals surface area contributed by atoms with Crippen LogP contribution in [0.5, 0.6) is 0 Å². The number of rotatable bonds is 8. The second-order valence-corrected chi connectivity index (χ2v) is 16.4. The first-order chi connectivity index (χ1) is 31.8. The highest BCUT2D eigenvalue weighted by Gasteiger charge is 2.20. The minimum atomic E-state index is 1.09. The first-order valence-electron chi connectivity index (χ1n) is 22.0. The molecule has 1 heterocycles. The lowest BCUT2D eigenvalue weighted by molar-refractivity contribution is 1.18. The Labute approximate surface area is 373 Å². The molecule has 0 aliphatic rings. The smallest absolute Gasteiger partial charge is 0.0619 e. The Hall–Kier alpha value is -8.46. The van der Waals surface area contributed by atoms with Gasteiger partial charge in [0.05, 0.1) is 11.0 Å². The maximum atomic E-state index is 2.42. The zero-order valence-corrected chi connectivity index (χ0v) is 35.1. The van der Waals surface area contributed by atoms with Crippen LogP contribution in [0.1, 0.15) is 0 Å². The molecule has 11 aromatic carbocycles. The van der Waals surface area contributed by atoms with Gasteiger partial charge in [0.2, 0.25) is 0 Å². The first-order valence-corrected chi connectivity index (χ1v) is 22.0. The molecule has 64 heavy (non-hydrogen) atoms. The fourth-order valence-electron chi connectivity index (χ4n) is 9.92. The zero-order valence-electron chi connectivity index (χ0n) is 35.1. The van der Waals surface area contributed by atoms with Crippen LogP contribution in [0.25, 0.3) is 93.5 Å². The highest BCUT2D eigenvalue weighted by molar-refractivity contribution is 6.22. The maximum Gasteiger partial charge on any atom is 0.0619 e. The molecule has 2 nitrogen and oxygen atoms in total. The molecule has 0 unspecified atom stereocenters. The largest absolute Gasteiger partial charge is 0.310 e. The molecule has 0 aliphatic carbocycles. The Balaban J connectivity index is 0.991. The van der Waals surface area contributed by atoms with Gasteiger partial charge in [-0.15, -0.1) is 0 Å². The normalized spacial score (nSPS) is 11.4. The number of para-hydroxylation sites is 4. The number of hydrogen-bond acceptors (Lipinski definition) is 1. The Morgan fingerprint density at radius 1 is 0.266 bits per heavy atom. The summed E-state index contributed by atoms with van der Waals surface area (Å²) in [5.41, 5.74) is 16.5. The molecule has 0 amide bonds. The van der Waals surface area contributed by atoms with E-state index in [9.17, 15) is 0 Å². The lowest BCUT2D eigenvalue weighted by Crippen LogP contribution is -2.09. The summed E-state index contributed by atoms with van der Waals surface area (Å²) in [6.07, 6.45) is 0. The van der Waals surface area contributed by atoms with E-state index in [1.54, 1.807) is 0 Å². The summed E-state index contributed by atoms with van der Waals surface area (Å²) in [5, 5.41) is 7.51. The molecule has 0 fully saturated rings. The number of hydrogen-bond donors (Lipinski definition) is 0. The molecule has 12 aromatic rings. The molecule has 0 saturated carbocycles. The molecule has 0 aliphatic heterocycles. The monoisotopic (exact) mass is 814 g/mol. The SMILES string of the molecule is c1ccc(-c2c(-c3ccccc3)c3cc(-c4ccc(N(c5ccccc5)c5cccc(-c6cccc7c8ccccc8n(-c8ccccc8)c67)c5)cc4)ccc3c3ccccc23)cc1. The van der Waals surface area contributed by atoms with Gasteiger partial charge >= 0.3 is 0 Å². The number of benzene rings is 11. The lowest BCUT2D eigenvalue weighted by atomic mass is 9.84. The van der Waals surface area contributed by atoms with E-state index in [1.165, 1.54) is 82.3 Å². The molecule has 0 spiro atoms. The minimum absolute atomic E-state index is 1.09. The maximum absolute atomic E-state index is 2.42. The van der Waals surface area contributed by atoms with Crippen molar-refractivity contribution >= 4 is 60.4 Å². The molecule has 0 atom stereocenters. The fourth-order valence-corrected chi connectivity index (χ4v) is 9.92. The molecule has 1 aromatic heterocycles. The van der Waals surface area contributed by atoms with Crippen molar-refractivity contribution in [3.63, 3.8) is 0 Å². The molecule has 2 heteroatoms. The summed E-state index contributed by atoms with van der Waals surface area (Å²) in [7, 11) is 0. The standard InChI is InChI=1S/C62H42N2/c1-5-19-44(20-6-1)60-56-31-14-13-29-53(56)54-40-37-46(42-58(54)61(60)45-21-7-2-8-22-45)43-35-38-50(39-36-43)63(48-24-9-3-10-25-48)51-28-17-23-47(41-51)52-32-18-33-57-55-30-15-16-34-59(55)64(62(52)57)49-26-11-4-12-27-49/h1-42H. The van der Waals surface area contributed by atoms with E-state index in [-0.39, 0.29) is 0 Å². The van der Waals surface area contributed by atoms with E-state index in [0.29, 0.717) is 0 Å². The molecule has 12 rings (SSSR count). The van der Waals surface area contributed by atoms with E-state index in [1.807, 2.05) is 0 Å². The van der Waals surface area contributed by atoms with Gasteiger partial charge in [-0.05, 0) is 121 Å². The van der Waals surface area contributed by atoms with Crippen molar-refractivity contribution in [1.29, 1.82) is 0 Å². The van der Waals surface area contributed by atoms with Gasteiger partial charge in [0.15, 0.2) is 0 Å². The lowest BCUT2D eigenvalue weighted by Gasteiger charge is -2.26. The third-order valence-corrected chi connectivity index (χ3v) is 12.7. The quantitative estimate of drug-likeness (QED) is 0.139. The van der Waals surface area contributed by atoms with Crippen LogP contribution < -0.4 is 4.90 Å². The summed E-state index contributed by atoms with van der Waals surface area (Å²) >= 11 is 0. The summed E-state index contributed by atoms with van der Waals surface area (Å²) < 4.78 is 2.42. The van der Waals surface area contributed by atoms with Crippen molar-refractivity contribution in [2.75, 3.05) is 4.90 Å². The van der Waals surface area contributed by atoms with Crippen molar-refractivity contribution in [3.05, 3.63) is 255 Å². The minimum Gasteiger partial charge on any atom is -0.310 e. The van der Waals surface area contributed by atoms with Crippen LogP contribution in [0.15, 0.2) is 255 Å². The second kappa shape index (κ2) is 15.8. The predicted octanol–water partition coefficient (Wildman–Crippen LogP) is 17.2. The molecule has 0 saturated heterocycles. The molecule has 0 radical (unpaired) electrons. The van der Waals surface area contributed by atoms with Crippen molar-refractivity contribution < 1.29 is 0 Å². The average Bonchev–Trinajstić information content (AvgIpc) is 3.72. The van der Waals surface area contributed by atoms with Gasteiger partial charge < -0.3 is 9.47 Å². The number of nitrogens with zero attached hydrogens (tertiary/aromatic N) is 2. The van der Waals surface area contributed by atoms with Crippen molar-refractivity contribution in [2.45, 2.75) is 0 Å². The molecular formula is C62H42N2. The van der Waals surface area contributed by atoms with Gasteiger partial charge in [0, 0.05) is 39.1 Å². The van der Waals surface area contributed by atoms with Crippen LogP contribution in [0, 0.1) is 0 Å². The van der Waals surface area contributed by atoms with E-state index >= 15 is 0 Å². The Morgan fingerprint density at radius 3 is 1.48 bits per heavy atom. The number of aromatic nitrogens is 1. The Morgan fingerprint density at radius 2 is 0.766 bits per heavy atom. The summed E-state index contributed by atoms with van der Waals surface area (Å²) in [6.45, 7) is 0. The van der Waals surface area contributed by atoms with Crippen LogP contribution in [-0.4, -0.2) is 4.57 Å². The van der Waals surface area contributed by atoms with Crippen LogP contribution in [0.2, 0.25) is 0 Å². The van der Waals surface area contributed by atoms with Crippen molar-refractivity contribution in [2.24, 2.45) is 0 Å². The third kappa shape index (κ3) is 6.35. The van der Waals surface area contributed by atoms with Crippen LogP contribution in [0.3, 0.4) is 0 Å². The van der Waals surface area contributed by atoms with Gasteiger partial charge in [-0.3, -0.25) is 0 Å². The van der Waals surface area contributed by atoms with Crippen molar-refractivity contribution in [3.8, 4) is 50.2 Å². The third-order valence-electron chi connectivity index (χ3n) is 12.7. The van der Waals surface area contributed by atoms with Gasteiger partial charge in [-0.25, -0.2) is 0 Å². The van der Waals surface area contributed by atoms with E-state index in [0.717, 1.165) is 28.3 Å². The highest BCUT2D eigenvalue weighted by atomic mass is 15.1. The second-order valence-electron chi connectivity index (χ2n) is 16.4. The van der Waals surface area contributed by atoms with Gasteiger partial charge in [0.25, 0.3) is 0 Å². The fraction of sp³-hybridized carbons (Fsp3) is 0. The van der Waals surface area contributed by atoms with E-state index < -0.39 is 0 Å². The average molecular weight is 815 g/mol. The van der Waals surface area contributed by atoms with Gasteiger partial charge in [-0.2, -0.15) is 0 Å². The predicted molar refractivity (Wildman–Crippen MR) is 272 cm³/mol. The highest BCUT2D eigenvalue weighted by Crippen LogP contribution is 2.46. The van der Waals surface area contributed by atoms with Crippen molar-refractivity contribution in [1.82, 2.24) is 4.57 Å². The van der Waals surface area contributed by atoms with Crippen LogP contribution in [0.4, 0.5) is 17.1 Å². The van der Waals surface area contributed by atoms with Gasteiger partial charge in [-0.1, -0.05) is 194 Å².